The number of benzene rings is 2. The number of nitrogens with zero attached hydrogens (tertiary/aromatic N) is 1. The third kappa shape index (κ3) is 5.92. The molecule has 1 aliphatic rings. The largest absolute Gasteiger partial charge is 0.497 e. The van der Waals surface area contributed by atoms with Crippen LogP contribution in [0.5, 0.6) is 11.5 Å². The van der Waals surface area contributed by atoms with Gasteiger partial charge >= 0.3 is 0 Å². The lowest BCUT2D eigenvalue weighted by molar-refractivity contribution is -0.127. The molecule has 0 radical (unpaired) electrons. The Morgan fingerprint density at radius 1 is 1.24 bits per heavy atom. The molecule has 0 saturated carbocycles. The molecule has 33 heavy (non-hydrogen) atoms. The van der Waals surface area contributed by atoms with E-state index < -0.39 is 16.1 Å². The molecule has 1 N–H and O–H groups in total. The fraction of sp³-hybridized carbons (Fsp3) is 0.458. The summed E-state index contributed by atoms with van der Waals surface area (Å²) in [4.78, 5) is 13.0. The number of unbranched alkanes of at least 4 members (excludes halogenated alkanes) is 1. The number of hydrogen-bond acceptors (Lipinski definition) is 5. The normalized spacial score (nSPS) is 16.5. The summed E-state index contributed by atoms with van der Waals surface area (Å²) in [7, 11) is -2.46. The van der Waals surface area contributed by atoms with Crippen molar-refractivity contribution in [2.24, 2.45) is 5.92 Å². The zero-order valence-electron chi connectivity index (χ0n) is 19.2. The molecular formula is C24H31ClN2O5S. The number of rotatable bonds is 10. The zero-order valence-corrected chi connectivity index (χ0v) is 20.8. The molecule has 1 heterocycles. The maximum absolute atomic E-state index is 13.5. The fourth-order valence-corrected chi connectivity index (χ4v) is 5.40. The molecule has 0 fully saturated rings. The number of methoxy groups -OCH3 is 1. The lowest BCUT2D eigenvalue weighted by Crippen LogP contribution is -2.51. The molecule has 2 aromatic carbocycles. The van der Waals surface area contributed by atoms with Crippen LogP contribution in [0.3, 0.4) is 0 Å². The molecule has 1 aliphatic heterocycles. The summed E-state index contributed by atoms with van der Waals surface area (Å²) in [5.74, 6) is 0.884. The van der Waals surface area contributed by atoms with Gasteiger partial charge in [0, 0.05) is 11.6 Å². The molecule has 180 valence electrons. The minimum absolute atomic E-state index is 0.0842. The summed E-state index contributed by atoms with van der Waals surface area (Å²) in [5.41, 5.74) is 0.303. The van der Waals surface area contributed by atoms with Crippen molar-refractivity contribution >= 4 is 33.2 Å². The summed E-state index contributed by atoms with van der Waals surface area (Å²) in [5, 5.41) is 3.33. The molecule has 9 heteroatoms. The average Bonchev–Trinajstić information content (AvgIpc) is 2.83. The number of carbonyl (C=O) groups excluding carboxylic acids is 1. The predicted molar refractivity (Wildman–Crippen MR) is 130 cm³/mol. The van der Waals surface area contributed by atoms with E-state index in [0.29, 0.717) is 34.7 Å². The zero-order chi connectivity index (χ0) is 24.0. The summed E-state index contributed by atoms with van der Waals surface area (Å²) in [6, 6.07) is 10.8. The second-order valence-electron chi connectivity index (χ2n) is 8.09. The van der Waals surface area contributed by atoms with Crippen LogP contribution < -0.4 is 19.1 Å². The van der Waals surface area contributed by atoms with Crippen LogP contribution >= 0.6 is 11.6 Å². The monoisotopic (exact) mass is 494 g/mol. The highest BCUT2D eigenvalue weighted by Crippen LogP contribution is 2.39. The smallest absolute Gasteiger partial charge is 0.264 e. The molecule has 0 unspecified atom stereocenters. The predicted octanol–water partition coefficient (Wildman–Crippen LogP) is 4.64. The van der Waals surface area contributed by atoms with Crippen molar-refractivity contribution in [2.75, 3.05) is 24.5 Å². The van der Waals surface area contributed by atoms with Crippen molar-refractivity contribution in [3.63, 3.8) is 0 Å². The third-order valence-electron chi connectivity index (χ3n) is 5.84. The van der Waals surface area contributed by atoms with Gasteiger partial charge in [-0.05, 0) is 54.8 Å². The first kappa shape index (κ1) is 25.2. The quantitative estimate of drug-likeness (QED) is 0.520. The molecule has 0 aromatic heterocycles. The molecule has 2 aromatic rings. The van der Waals surface area contributed by atoms with Gasteiger partial charge in [-0.25, -0.2) is 8.42 Å². The van der Waals surface area contributed by atoms with Crippen LogP contribution in [0.4, 0.5) is 5.69 Å². The molecule has 3 rings (SSSR count). The van der Waals surface area contributed by atoms with Gasteiger partial charge in [0.05, 0.1) is 24.2 Å². The van der Waals surface area contributed by atoms with Crippen LogP contribution in [0.25, 0.3) is 0 Å². The van der Waals surface area contributed by atoms with E-state index in [1.807, 2.05) is 0 Å². The number of ether oxygens (including phenoxy) is 2. The molecule has 7 nitrogen and oxygen atoms in total. The average molecular weight is 495 g/mol. The van der Waals surface area contributed by atoms with Crippen molar-refractivity contribution in [1.29, 1.82) is 0 Å². The first-order valence-corrected chi connectivity index (χ1v) is 13.0. The van der Waals surface area contributed by atoms with Crippen molar-refractivity contribution in [3.8, 4) is 11.5 Å². The first-order chi connectivity index (χ1) is 15.8. The molecule has 0 bridgehead atoms. The van der Waals surface area contributed by atoms with Gasteiger partial charge < -0.3 is 14.8 Å². The Labute approximate surface area is 201 Å². The second-order valence-corrected chi connectivity index (χ2v) is 10.4. The van der Waals surface area contributed by atoms with E-state index in [1.165, 1.54) is 29.6 Å². The third-order valence-corrected chi connectivity index (χ3v) is 7.87. The summed E-state index contributed by atoms with van der Waals surface area (Å²) in [6.07, 6.45) is 3.24. The number of hydrogen-bond donors (Lipinski definition) is 1. The summed E-state index contributed by atoms with van der Waals surface area (Å²) < 4.78 is 39.2. The topological polar surface area (TPSA) is 84.9 Å². The minimum Gasteiger partial charge on any atom is -0.497 e. The number of fused-ring (bicyclic) bond motifs is 1. The van der Waals surface area contributed by atoms with E-state index in [-0.39, 0.29) is 17.3 Å². The summed E-state index contributed by atoms with van der Waals surface area (Å²) in [6.45, 7) is 4.63. The maximum atomic E-state index is 13.5. The molecule has 0 saturated heterocycles. The molecular weight excluding hydrogens is 464 g/mol. The molecule has 0 spiro atoms. The van der Waals surface area contributed by atoms with Crippen LogP contribution in [0.1, 0.15) is 39.5 Å². The van der Waals surface area contributed by atoms with Crippen LogP contribution in [0.2, 0.25) is 5.02 Å². The van der Waals surface area contributed by atoms with Crippen molar-refractivity contribution in [2.45, 2.75) is 50.5 Å². The second kappa shape index (κ2) is 11.1. The number of anilines is 1. The standard InChI is InChI=1S/C24H31ClN2O5S/c1-4-6-7-17(5-2)15-26-24(28)23-16-27(21-14-18(25)8-13-22(21)32-23)33(29,30)20-11-9-19(31-3)10-12-20/h8-14,17,23H,4-7,15-16H2,1-3H3,(H,26,28)/t17-,23+/m1/s1. The fourth-order valence-electron chi connectivity index (χ4n) is 3.77. The van der Waals surface area contributed by atoms with Crippen molar-refractivity contribution < 1.29 is 22.7 Å². The maximum Gasteiger partial charge on any atom is 0.264 e. The van der Waals surface area contributed by atoms with E-state index in [2.05, 4.69) is 19.2 Å². The number of nitrogens with one attached hydrogen (secondary N) is 1. The number of halogens is 1. The molecule has 0 aliphatic carbocycles. The minimum atomic E-state index is -3.97. The first-order valence-electron chi connectivity index (χ1n) is 11.2. The van der Waals surface area contributed by atoms with Gasteiger partial charge in [-0.3, -0.25) is 9.10 Å². The Bertz CT molecular complexity index is 1060. The number of sulfonamides is 1. The van der Waals surface area contributed by atoms with E-state index in [4.69, 9.17) is 21.1 Å². The summed E-state index contributed by atoms with van der Waals surface area (Å²) >= 11 is 6.15. The van der Waals surface area contributed by atoms with Crippen molar-refractivity contribution in [1.82, 2.24) is 5.32 Å². The van der Waals surface area contributed by atoms with Crippen LogP contribution in [-0.4, -0.2) is 40.6 Å². The number of carbonyl (C=O) groups is 1. The van der Waals surface area contributed by atoms with Gasteiger partial charge in [0.15, 0.2) is 6.10 Å². The van der Waals surface area contributed by atoms with Crippen LogP contribution in [0.15, 0.2) is 47.4 Å². The van der Waals surface area contributed by atoms with Gasteiger partial charge in [-0.15, -0.1) is 0 Å². The highest BCUT2D eigenvalue weighted by molar-refractivity contribution is 7.92. The van der Waals surface area contributed by atoms with Crippen LogP contribution in [0, 0.1) is 5.92 Å². The highest BCUT2D eigenvalue weighted by Gasteiger charge is 2.37. The SMILES string of the molecule is CCCC[C@@H](CC)CNC(=O)[C@@H]1CN(S(=O)(=O)c2ccc(OC)cc2)c2cc(Cl)ccc2O1. The Kier molecular flexibility index (Phi) is 8.48. The Balaban J connectivity index is 1.85. The lowest BCUT2D eigenvalue weighted by Gasteiger charge is -2.35. The van der Waals surface area contributed by atoms with E-state index in [9.17, 15) is 13.2 Å². The van der Waals surface area contributed by atoms with E-state index >= 15 is 0 Å². The highest BCUT2D eigenvalue weighted by atomic mass is 35.5. The van der Waals surface area contributed by atoms with Crippen molar-refractivity contribution in [3.05, 3.63) is 47.5 Å². The van der Waals surface area contributed by atoms with Gasteiger partial charge in [0.1, 0.15) is 11.5 Å². The van der Waals surface area contributed by atoms with Gasteiger partial charge in [0.25, 0.3) is 15.9 Å². The number of amides is 1. The van der Waals surface area contributed by atoms with E-state index in [1.54, 1.807) is 24.3 Å². The van der Waals surface area contributed by atoms with Crippen LogP contribution in [-0.2, 0) is 14.8 Å². The van der Waals surface area contributed by atoms with Gasteiger partial charge in [-0.2, -0.15) is 0 Å². The molecule has 2 atom stereocenters. The Morgan fingerprint density at radius 3 is 2.61 bits per heavy atom. The van der Waals surface area contributed by atoms with Gasteiger partial charge in [0.2, 0.25) is 0 Å². The molecule has 1 amide bonds. The van der Waals surface area contributed by atoms with E-state index in [0.717, 1.165) is 25.7 Å². The lowest BCUT2D eigenvalue weighted by atomic mass is 9.99. The van der Waals surface area contributed by atoms with Gasteiger partial charge in [-0.1, -0.05) is 44.7 Å². The Morgan fingerprint density at radius 2 is 1.97 bits per heavy atom. The Hall–Kier alpha value is -2.45.